The Morgan fingerprint density at radius 3 is 2.40 bits per heavy atom. The number of benzene rings is 3. The van der Waals surface area contributed by atoms with E-state index in [0.717, 1.165) is 59.5 Å². The standard InChI is InChI=1S/C33H35NO6/c1-3-37-33(35)26-17-27(38-20-25-13-15-36-16-14-25)19-28(18-26)39-22-31-23(2)32(29-11-7-8-12-30(29)34-31)40-21-24-9-5-4-6-10-24/h4-12,17-19,25H,3,13-16,20-22H2,1-2H3. The van der Waals surface area contributed by atoms with Crippen molar-refractivity contribution in [1.29, 1.82) is 0 Å². The molecule has 7 nitrogen and oxygen atoms in total. The molecule has 0 amide bonds. The van der Waals surface area contributed by atoms with Gasteiger partial charge in [-0.05, 0) is 62.4 Å². The molecule has 0 aliphatic carbocycles. The van der Waals surface area contributed by atoms with Gasteiger partial charge in [0.05, 0.1) is 30.0 Å². The smallest absolute Gasteiger partial charge is 0.338 e. The maximum absolute atomic E-state index is 12.6. The fourth-order valence-electron chi connectivity index (χ4n) is 4.73. The molecule has 7 heteroatoms. The van der Waals surface area contributed by atoms with Crippen LogP contribution in [0.3, 0.4) is 0 Å². The Balaban J connectivity index is 1.37. The van der Waals surface area contributed by atoms with E-state index in [1.54, 1.807) is 19.1 Å². The molecule has 1 fully saturated rings. The summed E-state index contributed by atoms with van der Waals surface area (Å²) < 4.78 is 29.3. The summed E-state index contributed by atoms with van der Waals surface area (Å²) in [4.78, 5) is 17.5. The van der Waals surface area contributed by atoms with E-state index in [-0.39, 0.29) is 13.2 Å². The van der Waals surface area contributed by atoms with Gasteiger partial charge in [0, 0.05) is 30.2 Å². The number of fused-ring (bicyclic) bond motifs is 1. The lowest BCUT2D eigenvalue weighted by atomic mass is 10.0. The molecule has 1 aromatic heterocycles. The number of para-hydroxylation sites is 1. The van der Waals surface area contributed by atoms with Crippen molar-refractivity contribution in [3.05, 3.63) is 95.2 Å². The first-order valence-electron chi connectivity index (χ1n) is 13.8. The van der Waals surface area contributed by atoms with E-state index in [1.807, 2.05) is 67.6 Å². The van der Waals surface area contributed by atoms with Crippen molar-refractivity contribution in [3.63, 3.8) is 0 Å². The normalized spacial score (nSPS) is 13.7. The number of hydrogen-bond acceptors (Lipinski definition) is 7. The number of aromatic nitrogens is 1. The number of carbonyl (C=O) groups is 1. The largest absolute Gasteiger partial charge is 0.493 e. The zero-order valence-corrected chi connectivity index (χ0v) is 23.1. The van der Waals surface area contributed by atoms with Crippen molar-refractivity contribution >= 4 is 16.9 Å². The van der Waals surface area contributed by atoms with Crippen LogP contribution in [-0.2, 0) is 22.7 Å². The van der Waals surface area contributed by atoms with Crippen molar-refractivity contribution < 1.29 is 28.5 Å². The highest BCUT2D eigenvalue weighted by molar-refractivity contribution is 5.90. The summed E-state index contributed by atoms with van der Waals surface area (Å²) in [6.07, 6.45) is 1.92. The molecule has 1 saturated heterocycles. The minimum Gasteiger partial charge on any atom is -0.493 e. The predicted molar refractivity (Wildman–Crippen MR) is 153 cm³/mol. The van der Waals surface area contributed by atoms with Gasteiger partial charge in [0.15, 0.2) is 0 Å². The minimum absolute atomic E-state index is 0.198. The summed E-state index contributed by atoms with van der Waals surface area (Å²) in [6, 6.07) is 23.2. The SMILES string of the molecule is CCOC(=O)c1cc(OCc2nc3ccccc3c(OCc3ccccc3)c2C)cc(OCC2CCOCC2)c1. The van der Waals surface area contributed by atoms with E-state index in [2.05, 4.69) is 0 Å². The number of esters is 1. The molecule has 0 radical (unpaired) electrons. The van der Waals surface area contributed by atoms with Crippen LogP contribution in [0, 0.1) is 12.8 Å². The topological polar surface area (TPSA) is 76.1 Å². The van der Waals surface area contributed by atoms with Gasteiger partial charge in [-0.15, -0.1) is 0 Å². The van der Waals surface area contributed by atoms with E-state index in [9.17, 15) is 4.79 Å². The van der Waals surface area contributed by atoms with Crippen LogP contribution in [0.15, 0.2) is 72.8 Å². The van der Waals surface area contributed by atoms with Gasteiger partial charge in [-0.1, -0.05) is 42.5 Å². The second-order valence-electron chi connectivity index (χ2n) is 9.87. The van der Waals surface area contributed by atoms with Crippen LogP contribution in [0.2, 0.25) is 0 Å². The molecule has 0 bridgehead atoms. The second-order valence-corrected chi connectivity index (χ2v) is 9.87. The van der Waals surface area contributed by atoms with Crippen molar-refractivity contribution in [2.75, 3.05) is 26.4 Å². The first kappa shape index (κ1) is 27.5. The molecule has 40 heavy (non-hydrogen) atoms. The van der Waals surface area contributed by atoms with E-state index >= 15 is 0 Å². The quantitative estimate of drug-likeness (QED) is 0.196. The molecule has 0 atom stereocenters. The van der Waals surface area contributed by atoms with Gasteiger partial charge in [-0.3, -0.25) is 0 Å². The minimum atomic E-state index is -0.416. The van der Waals surface area contributed by atoms with Gasteiger partial charge in [-0.25, -0.2) is 9.78 Å². The number of pyridine rings is 1. The Hall–Kier alpha value is -4.10. The molecule has 0 unspecified atom stereocenters. The molecular weight excluding hydrogens is 506 g/mol. The number of hydrogen-bond donors (Lipinski definition) is 0. The van der Waals surface area contributed by atoms with E-state index in [0.29, 0.717) is 36.2 Å². The average Bonchev–Trinajstić information content (AvgIpc) is 2.99. The monoisotopic (exact) mass is 541 g/mol. The number of rotatable bonds is 11. The third-order valence-electron chi connectivity index (χ3n) is 7.00. The average molecular weight is 542 g/mol. The Kier molecular flexibility index (Phi) is 9.14. The van der Waals surface area contributed by atoms with Gasteiger partial charge in [0.2, 0.25) is 0 Å². The van der Waals surface area contributed by atoms with Gasteiger partial charge >= 0.3 is 5.97 Å². The van der Waals surface area contributed by atoms with Crippen molar-refractivity contribution in [2.45, 2.75) is 39.9 Å². The molecule has 3 aromatic carbocycles. The first-order valence-corrected chi connectivity index (χ1v) is 13.8. The number of nitrogens with zero attached hydrogens (tertiary/aromatic N) is 1. The summed E-state index contributed by atoms with van der Waals surface area (Å²) in [5, 5.41) is 0.952. The summed E-state index contributed by atoms with van der Waals surface area (Å²) in [7, 11) is 0. The summed E-state index contributed by atoms with van der Waals surface area (Å²) in [5.74, 6) is 1.87. The van der Waals surface area contributed by atoms with Gasteiger partial charge in [-0.2, -0.15) is 0 Å². The molecule has 5 rings (SSSR count). The Morgan fingerprint density at radius 2 is 1.62 bits per heavy atom. The Bertz CT molecular complexity index is 1430. The molecule has 0 N–H and O–H groups in total. The Morgan fingerprint density at radius 1 is 0.900 bits per heavy atom. The molecule has 1 aliphatic heterocycles. The second kappa shape index (κ2) is 13.3. The molecular formula is C33H35NO6. The fraction of sp³-hybridized carbons (Fsp3) is 0.333. The molecule has 2 heterocycles. The van der Waals surface area contributed by atoms with Crippen LogP contribution in [0.25, 0.3) is 10.9 Å². The van der Waals surface area contributed by atoms with E-state index < -0.39 is 5.97 Å². The van der Waals surface area contributed by atoms with Gasteiger partial charge in [0.25, 0.3) is 0 Å². The summed E-state index contributed by atoms with van der Waals surface area (Å²) in [5.41, 5.74) is 3.97. The van der Waals surface area contributed by atoms with Crippen LogP contribution in [0.1, 0.15) is 46.9 Å². The maximum Gasteiger partial charge on any atom is 0.338 e. The van der Waals surface area contributed by atoms with Crippen LogP contribution in [0.4, 0.5) is 0 Å². The molecule has 1 aliphatic rings. The van der Waals surface area contributed by atoms with Crippen LogP contribution >= 0.6 is 0 Å². The molecule has 208 valence electrons. The molecule has 4 aromatic rings. The third kappa shape index (κ3) is 6.90. The lowest BCUT2D eigenvalue weighted by Crippen LogP contribution is -2.21. The zero-order chi connectivity index (χ0) is 27.7. The highest BCUT2D eigenvalue weighted by Crippen LogP contribution is 2.32. The van der Waals surface area contributed by atoms with Gasteiger partial charge < -0.3 is 23.7 Å². The maximum atomic E-state index is 12.6. The van der Waals surface area contributed by atoms with Crippen LogP contribution in [-0.4, -0.2) is 37.4 Å². The lowest BCUT2D eigenvalue weighted by molar-refractivity contribution is 0.0494. The first-order chi connectivity index (χ1) is 19.6. The zero-order valence-electron chi connectivity index (χ0n) is 23.1. The highest BCUT2D eigenvalue weighted by atomic mass is 16.5. The van der Waals surface area contributed by atoms with Crippen molar-refractivity contribution in [3.8, 4) is 17.2 Å². The molecule has 0 spiro atoms. The Labute approximate surface area is 235 Å². The van der Waals surface area contributed by atoms with Crippen LogP contribution in [0.5, 0.6) is 17.2 Å². The predicted octanol–water partition coefficient (Wildman–Crippen LogP) is 6.68. The third-order valence-corrected chi connectivity index (χ3v) is 7.00. The molecule has 0 saturated carbocycles. The summed E-state index contributed by atoms with van der Waals surface area (Å²) in [6.45, 7) is 6.77. The number of carbonyl (C=O) groups excluding carboxylic acids is 1. The lowest BCUT2D eigenvalue weighted by Gasteiger charge is -2.22. The van der Waals surface area contributed by atoms with Crippen LogP contribution < -0.4 is 14.2 Å². The van der Waals surface area contributed by atoms with Gasteiger partial charge in [0.1, 0.15) is 30.5 Å². The van der Waals surface area contributed by atoms with E-state index in [4.69, 9.17) is 28.7 Å². The fourth-order valence-corrected chi connectivity index (χ4v) is 4.73. The van der Waals surface area contributed by atoms with Crippen molar-refractivity contribution in [2.24, 2.45) is 5.92 Å². The highest BCUT2D eigenvalue weighted by Gasteiger charge is 2.18. The number of ether oxygens (including phenoxy) is 5. The summed E-state index contributed by atoms with van der Waals surface area (Å²) >= 11 is 0. The van der Waals surface area contributed by atoms with Crippen molar-refractivity contribution in [1.82, 2.24) is 4.98 Å². The van der Waals surface area contributed by atoms with E-state index in [1.165, 1.54) is 0 Å².